The van der Waals surface area contributed by atoms with Gasteiger partial charge in [-0.3, -0.25) is 14.2 Å². The predicted octanol–water partition coefficient (Wildman–Crippen LogP) is 1.97. The zero-order valence-electron chi connectivity index (χ0n) is 17.9. The normalized spacial score (nSPS) is 12.6. The first kappa shape index (κ1) is 25.2. The third-order valence-electron chi connectivity index (χ3n) is 4.43. The van der Waals surface area contributed by atoms with E-state index < -0.39 is 18.1 Å². The van der Waals surface area contributed by atoms with Crippen LogP contribution in [0.1, 0.15) is 31.7 Å². The zero-order valence-corrected chi connectivity index (χ0v) is 18.7. The second-order valence-corrected chi connectivity index (χ2v) is 7.76. The maximum Gasteiger partial charge on any atom is 0.387 e. The van der Waals surface area contributed by atoms with Crippen molar-refractivity contribution >= 4 is 28.9 Å². The molecule has 7 nitrogen and oxygen atoms in total. The van der Waals surface area contributed by atoms with Crippen LogP contribution < -0.4 is 24.8 Å². The molecule has 0 aliphatic heterocycles. The summed E-state index contributed by atoms with van der Waals surface area (Å²) in [6, 6.07) is 7.99. The summed E-state index contributed by atoms with van der Waals surface area (Å²) < 4.78 is 36.8. The fourth-order valence-corrected chi connectivity index (χ4v) is 4.00. The SMILES string of the molecule is CCCCNC(=O)C(C#N)=c1sc(=Cc2ccccc2OC(F)F)c(=O)n1CCCOC. The molecule has 0 radical (unpaired) electrons. The molecular weight excluding hydrogens is 440 g/mol. The van der Waals surface area contributed by atoms with E-state index in [1.807, 2.05) is 13.0 Å². The van der Waals surface area contributed by atoms with Crippen LogP contribution >= 0.6 is 11.3 Å². The van der Waals surface area contributed by atoms with E-state index in [0.29, 0.717) is 19.6 Å². The van der Waals surface area contributed by atoms with Gasteiger partial charge in [-0.2, -0.15) is 14.0 Å². The lowest BCUT2D eigenvalue weighted by atomic mass is 10.2. The number of ether oxygens (including phenoxy) is 2. The summed E-state index contributed by atoms with van der Waals surface area (Å²) in [6.07, 6.45) is 3.55. The maximum atomic E-state index is 13.1. The first-order valence-electron chi connectivity index (χ1n) is 10.1. The van der Waals surface area contributed by atoms with Gasteiger partial charge in [-0.05, 0) is 25.0 Å². The number of nitrogens with one attached hydrogen (secondary N) is 1. The van der Waals surface area contributed by atoms with Gasteiger partial charge in [0.05, 0.1) is 4.53 Å². The van der Waals surface area contributed by atoms with Gasteiger partial charge in [0.15, 0.2) is 5.57 Å². The lowest BCUT2D eigenvalue weighted by Gasteiger charge is -2.06. The number of benzene rings is 1. The first-order chi connectivity index (χ1) is 15.4. The summed E-state index contributed by atoms with van der Waals surface area (Å²) in [5.41, 5.74) is -0.313. The molecule has 10 heteroatoms. The lowest BCUT2D eigenvalue weighted by molar-refractivity contribution is -0.115. The standard InChI is InChI=1S/C22H25F2N3O4S/c1-3-4-10-26-19(28)16(14-25)21-27(11-7-12-30-2)20(29)18(32-21)13-15-8-5-6-9-17(15)31-22(23)24/h5-6,8-9,13,22H,3-4,7,10-12H2,1-2H3,(H,26,28). The topological polar surface area (TPSA) is 93.4 Å². The molecule has 0 spiro atoms. The highest BCUT2D eigenvalue weighted by molar-refractivity contribution is 7.07. The van der Waals surface area contributed by atoms with Crippen LogP contribution in [-0.2, 0) is 16.1 Å². The Labute approximate surface area is 188 Å². The molecule has 0 aliphatic carbocycles. The van der Waals surface area contributed by atoms with E-state index in [4.69, 9.17) is 4.74 Å². The number of hydrogen-bond acceptors (Lipinski definition) is 6. The number of aromatic nitrogens is 1. The van der Waals surface area contributed by atoms with Gasteiger partial charge in [-0.15, -0.1) is 11.3 Å². The van der Waals surface area contributed by atoms with E-state index >= 15 is 0 Å². The van der Waals surface area contributed by atoms with Gasteiger partial charge in [-0.25, -0.2) is 0 Å². The largest absolute Gasteiger partial charge is 0.434 e. The fraction of sp³-hybridized carbons (Fsp3) is 0.409. The molecule has 0 bridgehead atoms. The smallest absolute Gasteiger partial charge is 0.387 e. The molecule has 1 aromatic carbocycles. The molecule has 0 aliphatic rings. The number of nitriles is 1. The average molecular weight is 466 g/mol. The Morgan fingerprint density at radius 1 is 1.34 bits per heavy atom. The van der Waals surface area contributed by atoms with Crippen LogP contribution in [0.3, 0.4) is 0 Å². The monoisotopic (exact) mass is 465 g/mol. The van der Waals surface area contributed by atoms with Crippen LogP contribution in [0.25, 0.3) is 11.6 Å². The van der Waals surface area contributed by atoms with Crippen LogP contribution in [0.4, 0.5) is 8.78 Å². The molecule has 1 amide bonds. The van der Waals surface area contributed by atoms with Crippen molar-refractivity contribution in [1.82, 2.24) is 9.88 Å². The van der Waals surface area contributed by atoms with Gasteiger partial charge in [0.25, 0.3) is 11.5 Å². The average Bonchev–Trinajstić information content (AvgIpc) is 3.05. The second-order valence-electron chi connectivity index (χ2n) is 6.73. The molecule has 2 rings (SSSR count). The van der Waals surface area contributed by atoms with Gasteiger partial charge in [0, 0.05) is 32.4 Å². The quantitative estimate of drug-likeness (QED) is 0.512. The molecule has 2 aromatic rings. The van der Waals surface area contributed by atoms with Crippen molar-refractivity contribution in [2.75, 3.05) is 20.3 Å². The lowest BCUT2D eigenvalue weighted by Crippen LogP contribution is -2.35. The Hall–Kier alpha value is -3.03. The molecule has 172 valence electrons. The number of unbranched alkanes of at least 4 members (excludes halogenated alkanes) is 1. The number of halogens is 2. The molecule has 0 fully saturated rings. The Balaban J connectivity index is 2.65. The van der Waals surface area contributed by atoms with Crippen LogP contribution in [-0.4, -0.2) is 37.3 Å². The number of carbonyl (C=O) groups is 1. The van der Waals surface area contributed by atoms with Gasteiger partial charge < -0.3 is 14.8 Å². The van der Waals surface area contributed by atoms with Crippen LogP contribution in [0.15, 0.2) is 29.1 Å². The number of amides is 1. The minimum atomic E-state index is -3.01. The summed E-state index contributed by atoms with van der Waals surface area (Å²) >= 11 is 0.957. The molecule has 1 aromatic heterocycles. The number of para-hydroxylation sites is 1. The highest BCUT2D eigenvalue weighted by Gasteiger charge is 2.16. The van der Waals surface area contributed by atoms with E-state index in [-0.39, 0.29) is 32.6 Å². The van der Waals surface area contributed by atoms with E-state index in [2.05, 4.69) is 10.1 Å². The minimum absolute atomic E-state index is 0.0791. The Morgan fingerprint density at radius 3 is 2.75 bits per heavy atom. The summed E-state index contributed by atoms with van der Waals surface area (Å²) in [5.74, 6) is -0.639. The number of methoxy groups -OCH3 is 1. The van der Waals surface area contributed by atoms with Crippen molar-refractivity contribution in [2.24, 2.45) is 0 Å². The van der Waals surface area contributed by atoms with Gasteiger partial charge in [0.2, 0.25) is 0 Å². The summed E-state index contributed by atoms with van der Waals surface area (Å²) in [4.78, 5) is 25.7. The Kier molecular flexibility index (Phi) is 10.0. The number of rotatable bonds is 11. The molecule has 1 N–H and O–H groups in total. The van der Waals surface area contributed by atoms with Crippen molar-refractivity contribution < 1.29 is 23.0 Å². The predicted molar refractivity (Wildman–Crippen MR) is 118 cm³/mol. The van der Waals surface area contributed by atoms with E-state index in [1.165, 1.54) is 29.9 Å². The molecule has 0 atom stereocenters. The molecule has 0 unspecified atom stereocenters. The summed E-state index contributed by atoms with van der Waals surface area (Å²) in [7, 11) is 1.53. The van der Waals surface area contributed by atoms with E-state index in [1.54, 1.807) is 12.1 Å². The molecule has 32 heavy (non-hydrogen) atoms. The van der Waals surface area contributed by atoms with Gasteiger partial charge >= 0.3 is 6.61 Å². The number of hydrogen-bond donors (Lipinski definition) is 1. The zero-order chi connectivity index (χ0) is 23.5. The van der Waals surface area contributed by atoms with Gasteiger partial charge in [-0.1, -0.05) is 31.5 Å². The molecule has 0 saturated heterocycles. The van der Waals surface area contributed by atoms with Crippen LogP contribution in [0.2, 0.25) is 0 Å². The van der Waals surface area contributed by atoms with Crippen molar-refractivity contribution in [3.05, 3.63) is 49.4 Å². The first-order valence-corrected chi connectivity index (χ1v) is 10.9. The summed E-state index contributed by atoms with van der Waals surface area (Å²) in [6.45, 7) is -0.00642. The van der Waals surface area contributed by atoms with Crippen molar-refractivity contribution in [2.45, 2.75) is 39.3 Å². The van der Waals surface area contributed by atoms with Crippen LogP contribution in [0, 0.1) is 11.3 Å². The Morgan fingerprint density at radius 2 is 2.09 bits per heavy atom. The number of thiazole rings is 1. The third-order valence-corrected chi connectivity index (χ3v) is 5.56. The van der Waals surface area contributed by atoms with E-state index in [0.717, 1.165) is 24.2 Å². The van der Waals surface area contributed by atoms with Gasteiger partial charge in [0.1, 0.15) is 16.5 Å². The molecule has 0 saturated carbocycles. The van der Waals surface area contributed by atoms with Crippen molar-refractivity contribution in [1.29, 1.82) is 5.26 Å². The number of nitrogens with zero attached hydrogens (tertiary/aromatic N) is 2. The molecular formula is C22H25F2N3O4S. The highest BCUT2D eigenvalue weighted by atomic mass is 32.1. The maximum absolute atomic E-state index is 13.1. The van der Waals surface area contributed by atoms with Crippen molar-refractivity contribution in [3.63, 3.8) is 0 Å². The number of carbonyl (C=O) groups excluding carboxylic acids is 1. The summed E-state index contributed by atoms with van der Waals surface area (Å²) in [5, 5.41) is 12.3. The third kappa shape index (κ3) is 6.73. The highest BCUT2D eigenvalue weighted by Crippen LogP contribution is 2.20. The number of alkyl halides is 2. The Bertz CT molecular complexity index is 1140. The minimum Gasteiger partial charge on any atom is -0.434 e. The van der Waals surface area contributed by atoms with Crippen LogP contribution in [0.5, 0.6) is 5.75 Å². The fourth-order valence-electron chi connectivity index (χ4n) is 2.88. The molecule has 1 heterocycles. The second kappa shape index (κ2) is 12.7. The van der Waals surface area contributed by atoms with E-state index in [9.17, 15) is 23.6 Å². The van der Waals surface area contributed by atoms with Crippen molar-refractivity contribution in [3.8, 4) is 11.8 Å².